The van der Waals surface area contributed by atoms with E-state index in [1.165, 1.54) is 29.3 Å². The van der Waals surface area contributed by atoms with Crippen molar-refractivity contribution >= 4 is 34.6 Å². The number of carbonyl (C=O) groups excluding carboxylic acids is 1. The Morgan fingerprint density at radius 3 is 2.11 bits per heavy atom. The smallest absolute Gasteiger partial charge is 0.340 e. The molecule has 0 unspecified atom stereocenters. The van der Waals surface area contributed by atoms with E-state index in [-0.39, 0.29) is 18.4 Å². The number of hydrazine groups is 1. The number of hydrogen-bond acceptors (Lipinski definition) is 3. The Hall–Kier alpha value is -4.50. The van der Waals surface area contributed by atoms with E-state index < -0.39 is 35.0 Å². The van der Waals surface area contributed by atoms with Crippen LogP contribution in [-0.4, -0.2) is 17.6 Å². The fourth-order valence-corrected chi connectivity index (χ4v) is 4.01. The lowest BCUT2D eigenvalue weighted by atomic mass is 10.0. The summed E-state index contributed by atoms with van der Waals surface area (Å²) in [5.41, 5.74) is 6.92. The number of urea groups is 1. The van der Waals surface area contributed by atoms with Crippen molar-refractivity contribution in [3.63, 3.8) is 0 Å². The SMILES string of the molecule is O=C(Nc1ccc(Oc2c(F)c(F)cc(F)c2F)cc1)N1CC(c2ccccc2)=C(c2ccc(Cl)cc2)N1. The minimum absolute atomic E-state index is 0.0943. The lowest BCUT2D eigenvalue weighted by molar-refractivity contribution is 0.210. The molecule has 0 saturated heterocycles. The normalized spacial score (nSPS) is 12.9. The first kappa shape index (κ1) is 25.2. The Labute approximate surface area is 219 Å². The van der Waals surface area contributed by atoms with Gasteiger partial charge in [-0.25, -0.2) is 18.6 Å². The summed E-state index contributed by atoms with van der Waals surface area (Å²) in [6, 6.07) is 21.9. The van der Waals surface area contributed by atoms with Gasteiger partial charge in [-0.3, -0.25) is 5.43 Å². The van der Waals surface area contributed by atoms with Crippen LogP contribution in [0.25, 0.3) is 11.3 Å². The van der Waals surface area contributed by atoms with E-state index in [9.17, 15) is 22.4 Å². The summed E-state index contributed by atoms with van der Waals surface area (Å²) >= 11 is 6.04. The van der Waals surface area contributed by atoms with Crippen molar-refractivity contribution in [2.24, 2.45) is 0 Å². The molecule has 2 amide bonds. The number of nitrogens with zero attached hydrogens (tertiary/aromatic N) is 1. The number of amides is 2. The predicted molar refractivity (Wildman–Crippen MR) is 136 cm³/mol. The Morgan fingerprint density at radius 2 is 1.47 bits per heavy atom. The van der Waals surface area contributed by atoms with Gasteiger partial charge in [0.2, 0.25) is 17.4 Å². The van der Waals surface area contributed by atoms with E-state index in [1.807, 2.05) is 42.5 Å². The van der Waals surface area contributed by atoms with Crippen LogP contribution in [-0.2, 0) is 0 Å². The molecule has 192 valence electrons. The number of rotatable bonds is 5. The maximum atomic E-state index is 13.9. The zero-order valence-corrected chi connectivity index (χ0v) is 20.2. The van der Waals surface area contributed by atoms with Gasteiger partial charge in [-0.05, 0) is 47.5 Å². The zero-order chi connectivity index (χ0) is 26.8. The molecular formula is C28H18ClF4N3O2. The Bertz CT molecular complexity index is 1500. The second-order valence-corrected chi connectivity index (χ2v) is 8.71. The summed E-state index contributed by atoms with van der Waals surface area (Å²) < 4.78 is 59.7. The molecule has 5 nitrogen and oxygen atoms in total. The summed E-state index contributed by atoms with van der Waals surface area (Å²) in [5.74, 6) is -7.76. The van der Waals surface area contributed by atoms with E-state index in [4.69, 9.17) is 16.3 Å². The molecule has 0 bridgehead atoms. The Morgan fingerprint density at radius 1 is 0.842 bits per heavy atom. The topological polar surface area (TPSA) is 53.6 Å². The molecule has 38 heavy (non-hydrogen) atoms. The first-order chi connectivity index (χ1) is 18.3. The van der Waals surface area contributed by atoms with Crippen molar-refractivity contribution in [2.45, 2.75) is 0 Å². The van der Waals surface area contributed by atoms with Crippen molar-refractivity contribution in [1.82, 2.24) is 10.4 Å². The van der Waals surface area contributed by atoms with E-state index in [2.05, 4.69) is 10.7 Å². The number of benzene rings is 4. The fourth-order valence-electron chi connectivity index (χ4n) is 3.89. The largest absolute Gasteiger partial charge is 0.451 e. The van der Waals surface area contributed by atoms with Crippen LogP contribution in [0.4, 0.5) is 28.0 Å². The first-order valence-corrected chi connectivity index (χ1v) is 11.7. The molecule has 1 heterocycles. The van der Waals surface area contributed by atoms with Crippen LogP contribution in [0.2, 0.25) is 5.02 Å². The second-order valence-electron chi connectivity index (χ2n) is 8.28. The van der Waals surface area contributed by atoms with Crippen LogP contribution in [0.15, 0.2) is 84.9 Å². The van der Waals surface area contributed by atoms with Gasteiger partial charge in [-0.1, -0.05) is 54.1 Å². The van der Waals surface area contributed by atoms with Gasteiger partial charge in [0.1, 0.15) is 5.75 Å². The van der Waals surface area contributed by atoms with Crippen LogP contribution in [0.5, 0.6) is 11.5 Å². The van der Waals surface area contributed by atoms with Crippen molar-refractivity contribution in [3.05, 3.63) is 124 Å². The molecule has 0 aliphatic carbocycles. The number of hydrogen-bond donors (Lipinski definition) is 2. The highest BCUT2D eigenvalue weighted by atomic mass is 35.5. The highest BCUT2D eigenvalue weighted by Gasteiger charge is 2.27. The molecule has 1 aliphatic heterocycles. The van der Waals surface area contributed by atoms with Crippen molar-refractivity contribution in [1.29, 1.82) is 0 Å². The minimum atomic E-state index is -1.65. The molecular weight excluding hydrogens is 522 g/mol. The standard InChI is InChI=1S/C28H18ClF4N3O2/c29-18-8-6-17(7-9-18)26-21(16-4-2-1-3-5-16)15-36(35-26)28(37)34-19-10-12-20(13-11-19)38-27-24(32)22(30)14-23(31)25(27)33/h1-14,35H,15H2,(H,34,37). The average Bonchev–Trinajstić information content (AvgIpc) is 3.38. The predicted octanol–water partition coefficient (Wildman–Crippen LogP) is 7.61. The molecule has 2 N–H and O–H groups in total. The van der Waals surface area contributed by atoms with Gasteiger partial charge in [-0.15, -0.1) is 0 Å². The summed E-state index contributed by atoms with van der Waals surface area (Å²) in [7, 11) is 0. The van der Waals surface area contributed by atoms with Gasteiger partial charge in [0.05, 0.1) is 12.2 Å². The Kier molecular flexibility index (Phi) is 6.93. The number of nitrogens with one attached hydrogen (secondary N) is 2. The molecule has 1 aliphatic rings. The van der Waals surface area contributed by atoms with E-state index in [0.29, 0.717) is 10.7 Å². The summed E-state index contributed by atoms with van der Waals surface area (Å²) in [4.78, 5) is 13.1. The van der Waals surface area contributed by atoms with Gasteiger partial charge in [0, 0.05) is 22.3 Å². The third-order valence-electron chi connectivity index (χ3n) is 5.76. The van der Waals surface area contributed by atoms with Gasteiger partial charge in [0.25, 0.3) is 0 Å². The van der Waals surface area contributed by atoms with Gasteiger partial charge >= 0.3 is 6.03 Å². The van der Waals surface area contributed by atoms with E-state index >= 15 is 0 Å². The quantitative estimate of drug-likeness (QED) is 0.203. The number of carbonyl (C=O) groups is 1. The van der Waals surface area contributed by atoms with Crippen LogP contribution in [0, 0.1) is 23.3 Å². The Balaban J connectivity index is 1.31. The second kappa shape index (κ2) is 10.5. The maximum Gasteiger partial charge on any atom is 0.340 e. The highest BCUT2D eigenvalue weighted by Crippen LogP contribution is 2.33. The summed E-state index contributed by atoms with van der Waals surface area (Å²) in [5, 5.41) is 4.71. The van der Waals surface area contributed by atoms with E-state index in [0.717, 1.165) is 22.4 Å². The summed E-state index contributed by atoms with van der Waals surface area (Å²) in [6.45, 7) is 0.263. The molecule has 4 aromatic carbocycles. The van der Waals surface area contributed by atoms with Crippen LogP contribution in [0.1, 0.15) is 11.1 Å². The van der Waals surface area contributed by atoms with Gasteiger partial charge in [-0.2, -0.15) is 8.78 Å². The number of halogens is 5. The average molecular weight is 540 g/mol. The number of anilines is 1. The molecule has 5 rings (SSSR count). The van der Waals surface area contributed by atoms with Crippen molar-refractivity contribution in [3.8, 4) is 11.5 Å². The van der Waals surface area contributed by atoms with Crippen LogP contribution in [0.3, 0.4) is 0 Å². The highest BCUT2D eigenvalue weighted by molar-refractivity contribution is 6.30. The molecule has 10 heteroatoms. The van der Waals surface area contributed by atoms with Crippen LogP contribution < -0.4 is 15.5 Å². The molecule has 0 aromatic heterocycles. The van der Waals surface area contributed by atoms with E-state index in [1.54, 1.807) is 12.1 Å². The van der Waals surface area contributed by atoms with Gasteiger partial charge in [0.15, 0.2) is 11.6 Å². The summed E-state index contributed by atoms with van der Waals surface area (Å²) in [6.07, 6.45) is 0. The third-order valence-corrected chi connectivity index (χ3v) is 6.01. The number of ether oxygens (including phenoxy) is 1. The lowest BCUT2D eigenvalue weighted by Gasteiger charge is -2.19. The fraction of sp³-hybridized carbons (Fsp3) is 0.0357. The molecule has 0 saturated carbocycles. The lowest BCUT2D eigenvalue weighted by Crippen LogP contribution is -2.40. The molecule has 0 spiro atoms. The minimum Gasteiger partial charge on any atom is -0.451 e. The molecule has 0 atom stereocenters. The monoisotopic (exact) mass is 539 g/mol. The zero-order valence-electron chi connectivity index (χ0n) is 19.4. The molecule has 0 radical (unpaired) electrons. The third kappa shape index (κ3) is 5.14. The maximum absolute atomic E-state index is 13.9. The molecule has 0 fully saturated rings. The van der Waals surface area contributed by atoms with Crippen LogP contribution >= 0.6 is 11.6 Å². The van der Waals surface area contributed by atoms with Gasteiger partial charge < -0.3 is 10.1 Å². The van der Waals surface area contributed by atoms with Crippen molar-refractivity contribution in [2.75, 3.05) is 11.9 Å². The van der Waals surface area contributed by atoms with Crippen molar-refractivity contribution < 1.29 is 27.1 Å². The molecule has 4 aromatic rings. The first-order valence-electron chi connectivity index (χ1n) is 11.3.